The van der Waals surface area contributed by atoms with Crippen LogP contribution in [0.25, 0.3) is 17.3 Å². The van der Waals surface area contributed by atoms with Gasteiger partial charge in [-0.2, -0.15) is 0 Å². The Kier molecular flexibility index (Phi) is 3.35. The summed E-state index contributed by atoms with van der Waals surface area (Å²) in [5, 5.41) is 0.884. The number of nitrogens with one attached hydrogen (secondary N) is 1. The zero-order chi connectivity index (χ0) is 10.5. The van der Waals surface area contributed by atoms with Crippen molar-refractivity contribution in [3.05, 3.63) is 48.4 Å². The highest BCUT2D eigenvalue weighted by Crippen LogP contribution is 2.16. The number of nitrogens with zero attached hydrogens (tertiary/aromatic N) is 1. The number of aromatic nitrogens is 2. The van der Waals surface area contributed by atoms with E-state index in [1.54, 1.807) is 6.33 Å². The highest BCUT2D eigenvalue weighted by atomic mass is 79.9. The van der Waals surface area contributed by atoms with Crippen LogP contribution in [0, 0.1) is 0 Å². The Morgan fingerprint density at radius 2 is 2.07 bits per heavy atom. The largest absolute Gasteiger partial charge is 0.345 e. The number of imidazole rings is 1. The summed E-state index contributed by atoms with van der Waals surface area (Å²) in [7, 11) is 0. The maximum atomic E-state index is 3.99. The summed E-state index contributed by atoms with van der Waals surface area (Å²) in [5.41, 5.74) is 3.41. The van der Waals surface area contributed by atoms with Gasteiger partial charge in [0.1, 0.15) is 0 Å². The van der Waals surface area contributed by atoms with Gasteiger partial charge in [0.15, 0.2) is 0 Å². The molecule has 0 saturated heterocycles. The molecule has 2 nitrogen and oxygen atoms in total. The van der Waals surface area contributed by atoms with E-state index < -0.39 is 0 Å². The molecular weight excluding hydrogens is 252 g/mol. The molecule has 1 aromatic heterocycles. The van der Waals surface area contributed by atoms with Crippen molar-refractivity contribution < 1.29 is 0 Å². The maximum Gasteiger partial charge on any atom is 0.0924 e. The van der Waals surface area contributed by atoms with E-state index in [0.717, 1.165) is 16.6 Å². The van der Waals surface area contributed by atoms with Crippen LogP contribution in [0.2, 0.25) is 0 Å². The average molecular weight is 263 g/mol. The Hall–Kier alpha value is -1.35. The highest BCUT2D eigenvalue weighted by molar-refractivity contribution is 9.09. The normalized spacial score (nSPS) is 11.0. The Balaban J connectivity index is 2.21. The molecule has 0 atom stereocenters. The first-order valence-corrected chi connectivity index (χ1v) is 5.83. The van der Waals surface area contributed by atoms with E-state index in [-0.39, 0.29) is 0 Å². The lowest BCUT2D eigenvalue weighted by molar-refractivity contribution is 1.31. The molecule has 2 aromatic rings. The maximum absolute atomic E-state index is 3.99. The summed E-state index contributed by atoms with van der Waals surface area (Å²) in [6.07, 6.45) is 7.67. The smallest absolute Gasteiger partial charge is 0.0924 e. The summed E-state index contributed by atoms with van der Waals surface area (Å²) < 4.78 is 0. The van der Waals surface area contributed by atoms with Gasteiger partial charge in [0.2, 0.25) is 0 Å². The number of allylic oxidation sites excluding steroid dienone is 1. The molecular formula is C12H11BrN2. The van der Waals surface area contributed by atoms with E-state index >= 15 is 0 Å². The average Bonchev–Trinajstić information content (AvgIpc) is 2.80. The van der Waals surface area contributed by atoms with E-state index in [4.69, 9.17) is 0 Å². The van der Waals surface area contributed by atoms with Gasteiger partial charge in [-0.1, -0.05) is 52.3 Å². The molecule has 3 heteroatoms. The van der Waals surface area contributed by atoms with Crippen LogP contribution in [-0.2, 0) is 0 Å². The molecule has 0 radical (unpaired) electrons. The van der Waals surface area contributed by atoms with Crippen molar-refractivity contribution in [1.82, 2.24) is 9.97 Å². The van der Waals surface area contributed by atoms with Crippen molar-refractivity contribution in [3.63, 3.8) is 0 Å². The monoisotopic (exact) mass is 262 g/mol. The van der Waals surface area contributed by atoms with Gasteiger partial charge >= 0.3 is 0 Å². The van der Waals surface area contributed by atoms with Gasteiger partial charge in [-0.15, -0.1) is 0 Å². The van der Waals surface area contributed by atoms with Crippen molar-refractivity contribution >= 4 is 22.0 Å². The second-order valence-electron chi connectivity index (χ2n) is 3.14. The number of aromatic amines is 1. The number of rotatable bonds is 3. The molecule has 2 rings (SSSR count). The second kappa shape index (κ2) is 4.94. The van der Waals surface area contributed by atoms with Gasteiger partial charge in [-0.3, -0.25) is 0 Å². The number of H-pyrrole nitrogens is 1. The molecule has 0 unspecified atom stereocenters. The van der Waals surface area contributed by atoms with Crippen molar-refractivity contribution in [3.8, 4) is 11.3 Å². The zero-order valence-electron chi connectivity index (χ0n) is 8.15. The standard InChI is InChI=1S/C12H11BrN2/c13-7-1-2-10-3-5-11(6-4-10)12-8-14-9-15-12/h1-6,8-9H,7H2,(H,14,15). The minimum Gasteiger partial charge on any atom is -0.345 e. The van der Waals surface area contributed by atoms with Crippen molar-refractivity contribution in [1.29, 1.82) is 0 Å². The van der Waals surface area contributed by atoms with Crippen molar-refractivity contribution in [2.24, 2.45) is 0 Å². The van der Waals surface area contributed by atoms with Gasteiger partial charge < -0.3 is 4.98 Å². The van der Waals surface area contributed by atoms with Crippen LogP contribution in [-0.4, -0.2) is 15.3 Å². The quantitative estimate of drug-likeness (QED) is 0.844. The molecule has 0 bridgehead atoms. The fourth-order valence-corrected chi connectivity index (χ4v) is 1.56. The molecule has 1 heterocycles. The molecule has 0 aliphatic carbocycles. The predicted octanol–water partition coefficient (Wildman–Crippen LogP) is 3.48. The lowest BCUT2D eigenvalue weighted by Gasteiger charge is -1.98. The van der Waals surface area contributed by atoms with E-state index in [1.165, 1.54) is 5.56 Å². The predicted molar refractivity (Wildman–Crippen MR) is 66.9 cm³/mol. The molecule has 76 valence electrons. The van der Waals surface area contributed by atoms with Gasteiger partial charge in [0, 0.05) is 5.33 Å². The van der Waals surface area contributed by atoms with Crippen LogP contribution in [0.3, 0.4) is 0 Å². The van der Waals surface area contributed by atoms with E-state index in [9.17, 15) is 0 Å². The molecule has 0 saturated carbocycles. The summed E-state index contributed by atoms with van der Waals surface area (Å²) in [4.78, 5) is 7.07. The minimum atomic E-state index is 0.884. The Labute approximate surface area is 97.2 Å². The topological polar surface area (TPSA) is 28.7 Å². The van der Waals surface area contributed by atoms with Crippen LogP contribution in [0.15, 0.2) is 42.9 Å². The van der Waals surface area contributed by atoms with E-state index in [2.05, 4.69) is 62.3 Å². The molecule has 1 N–H and O–H groups in total. The fourth-order valence-electron chi connectivity index (χ4n) is 1.37. The van der Waals surface area contributed by atoms with E-state index in [1.807, 2.05) is 6.20 Å². The van der Waals surface area contributed by atoms with Gasteiger partial charge in [0.25, 0.3) is 0 Å². The molecule has 0 spiro atoms. The summed E-state index contributed by atoms with van der Waals surface area (Å²) in [5.74, 6) is 0. The summed E-state index contributed by atoms with van der Waals surface area (Å²) >= 11 is 3.35. The summed E-state index contributed by atoms with van der Waals surface area (Å²) in [6.45, 7) is 0. The lowest BCUT2D eigenvalue weighted by Crippen LogP contribution is -1.77. The van der Waals surface area contributed by atoms with Crippen LogP contribution in [0.1, 0.15) is 5.56 Å². The number of alkyl halides is 1. The first-order valence-electron chi connectivity index (χ1n) is 4.71. The molecule has 0 aliphatic rings. The van der Waals surface area contributed by atoms with Gasteiger partial charge in [0.05, 0.1) is 18.2 Å². The Morgan fingerprint density at radius 3 is 2.67 bits per heavy atom. The van der Waals surface area contributed by atoms with Crippen LogP contribution in [0.5, 0.6) is 0 Å². The Morgan fingerprint density at radius 1 is 1.27 bits per heavy atom. The van der Waals surface area contributed by atoms with E-state index in [0.29, 0.717) is 0 Å². The highest BCUT2D eigenvalue weighted by Gasteiger charge is 1.96. The lowest BCUT2D eigenvalue weighted by atomic mass is 10.1. The minimum absolute atomic E-state index is 0.884. The SMILES string of the molecule is BrCC=Cc1ccc(-c2cnc[nH]2)cc1. The third-order valence-electron chi connectivity index (χ3n) is 2.12. The second-order valence-corrected chi connectivity index (χ2v) is 3.79. The first kappa shape index (κ1) is 10.2. The Bertz CT molecular complexity index is 429. The third kappa shape index (κ3) is 2.57. The van der Waals surface area contributed by atoms with Crippen molar-refractivity contribution in [2.75, 3.05) is 5.33 Å². The fraction of sp³-hybridized carbons (Fsp3) is 0.0833. The van der Waals surface area contributed by atoms with Crippen LogP contribution >= 0.6 is 15.9 Å². The first-order chi connectivity index (χ1) is 7.40. The molecule has 15 heavy (non-hydrogen) atoms. The summed E-state index contributed by atoms with van der Waals surface area (Å²) in [6, 6.07) is 8.35. The van der Waals surface area contributed by atoms with Gasteiger partial charge in [-0.05, 0) is 11.1 Å². The van der Waals surface area contributed by atoms with Crippen molar-refractivity contribution in [2.45, 2.75) is 0 Å². The molecule has 0 fully saturated rings. The number of benzene rings is 1. The van der Waals surface area contributed by atoms with Gasteiger partial charge in [-0.25, -0.2) is 4.98 Å². The van der Waals surface area contributed by atoms with Crippen LogP contribution in [0.4, 0.5) is 0 Å². The molecule has 0 aliphatic heterocycles. The zero-order valence-corrected chi connectivity index (χ0v) is 9.74. The number of hydrogen-bond donors (Lipinski definition) is 1. The molecule has 0 amide bonds. The third-order valence-corrected chi connectivity index (χ3v) is 2.49. The number of halogens is 1. The molecule has 1 aromatic carbocycles. The van der Waals surface area contributed by atoms with Crippen LogP contribution < -0.4 is 0 Å². The number of hydrogen-bond acceptors (Lipinski definition) is 1.